The molecular formula is C32H48N8O2SSn. The van der Waals surface area contributed by atoms with E-state index in [0.717, 1.165) is 33.4 Å². The average molecular weight is 728 g/mol. The number of unbranched alkanes of at least 4 members (excludes halogenated alkanes) is 3. The van der Waals surface area contributed by atoms with E-state index in [9.17, 15) is 8.42 Å². The molecule has 4 heterocycles. The van der Waals surface area contributed by atoms with Crippen LogP contribution in [0.25, 0.3) is 33.2 Å². The fourth-order valence-corrected chi connectivity index (χ4v) is 24.8. The van der Waals surface area contributed by atoms with Crippen molar-refractivity contribution in [3.8, 4) is 11.3 Å². The summed E-state index contributed by atoms with van der Waals surface area (Å²) in [5.74, 6) is 0. The first kappa shape index (κ1) is 34.1. The number of aryl methyl sites for hydroxylation is 4. The predicted molar refractivity (Wildman–Crippen MR) is 182 cm³/mol. The standard InChI is InChI=1S/C16H15N5O2S.C4H6N3.3C4H9.Sn/c1-9-16(21(2)20-19-9)10-7-12-14(17-8-10)11-5-4-6-13(15(11)18-12)24(3,22)23;1-4-3-7(2)6-5-4;3*1-3-4-2;/h4-8,18H,1-3H3;1-2H3;3*1,3-4H2,2H3;. The van der Waals surface area contributed by atoms with Crippen LogP contribution in [0, 0.1) is 13.8 Å². The molecule has 1 aromatic carbocycles. The molecule has 1 N–H and O–H groups in total. The van der Waals surface area contributed by atoms with Gasteiger partial charge >= 0.3 is 129 Å². The van der Waals surface area contributed by atoms with Crippen LogP contribution in [-0.4, -0.2) is 73.0 Å². The van der Waals surface area contributed by atoms with E-state index in [1.54, 1.807) is 26.7 Å². The smallest absolute Gasteiger partial charge is 0.177 e. The van der Waals surface area contributed by atoms with Gasteiger partial charge in [-0.05, 0) is 19.1 Å². The predicted octanol–water partition coefficient (Wildman–Crippen LogP) is 6.40. The molecule has 0 aliphatic heterocycles. The van der Waals surface area contributed by atoms with E-state index in [0.29, 0.717) is 5.52 Å². The number of fused-ring (bicyclic) bond motifs is 3. The van der Waals surface area contributed by atoms with Gasteiger partial charge in [0.05, 0.1) is 32.8 Å². The Bertz CT molecular complexity index is 1760. The van der Waals surface area contributed by atoms with Gasteiger partial charge in [-0.2, -0.15) is 0 Å². The molecule has 0 spiro atoms. The molecule has 0 aliphatic rings. The second kappa shape index (κ2) is 14.5. The Morgan fingerprint density at radius 2 is 1.45 bits per heavy atom. The Morgan fingerprint density at radius 1 is 0.864 bits per heavy atom. The summed E-state index contributed by atoms with van der Waals surface area (Å²) in [7, 11) is 0.615. The summed E-state index contributed by atoms with van der Waals surface area (Å²) in [6.45, 7) is 11.0. The summed E-state index contributed by atoms with van der Waals surface area (Å²) >= 11 is -2.32. The molecule has 238 valence electrons. The number of benzene rings is 1. The number of hydrogen-bond donors (Lipinski definition) is 1. The topological polar surface area (TPSA) is 124 Å². The van der Waals surface area contributed by atoms with Crippen molar-refractivity contribution in [2.24, 2.45) is 14.1 Å². The maximum absolute atomic E-state index is 12.0. The van der Waals surface area contributed by atoms with Crippen LogP contribution in [0.5, 0.6) is 0 Å². The number of rotatable bonds is 12. The van der Waals surface area contributed by atoms with Gasteiger partial charge in [-0.1, -0.05) is 17.3 Å². The van der Waals surface area contributed by atoms with Crippen molar-refractivity contribution in [1.29, 1.82) is 0 Å². The van der Waals surface area contributed by atoms with Gasteiger partial charge in [-0.25, -0.2) is 13.1 Å². The van der Waals surface area contributed by atoms with Crippen LogP contribution in [-0.2, 0) is 23.9 Å². The minimum absolute atomic E-state index is 0.276. The Kier molecular flexibility index (Phi) is 11.3. The van der Waals surface area contributed by atoms with Gasteiger partial charge in [0.25, 0.3) is 0 Å². The van der Waals surface area contributed by atoms with E-state index in [1.165, 1.54) is 63.8 Å². The van der Waals surface area contributed by atoms with E-state index >= 15 is 0 Å². The number of aromatic amines is 1. The minimum atomic E-state index is -3.33. The number of aromatic nitrogens is 8. The fraction of sp³-hybridized carbons (Fsp3) is 0.531. The SMILES string of the molecule is CCC[CH2][Sn]([CH2]CCC)([CH2]CCC)[c]1c(C)nnn1C.Cc1nnn(C)c1-c1cnc2c(c1)[nH]c1c(S(C)(=O)=O)cccc12. The van der Waals surface area contributed by atoms with Crippen molar-refractivity contribution in [3.63, 3.8) is 0 Å². The first-order chi connectivity index (χ1) is 21.0. The fourth-order valence-electron chi connectivity index (χ4n) is 6.52. The molecule has 0 saturated carbocycles. The Balaban J connectivity index is 0.000000205. The van der Waals surface area contributed by atoms with Crippen molar-refractivity contribution < 1.29 is 8.42 Å². The van der Waals surface area contributed by atoms with Crippen LogP contribution in [0.1, 0.15) is 70.7 Å². The third-order valence-electron chi connectivity index (χ3n) is 8.62. The third-order valence-corrected chi connectivity index (χ3v) is 25.8. The maximum atomic E-state index is 12.0. The van der Waals surface area contributed by atoms with E-state index in [-0.39, 0.29) is 4.90 Å². The number of H-pyrrole nitrogens is 1. The number of pyridine rings is 1. The van der Waals surface area contributed by atoms with Gasteiger partial charge in [0.1, 0.15) is 0 Å². The molecule has 4 aromatic heterocycles. The van der Waals surface area contributed by atoms with Gasteiger partial charge in [0.15, 0.2) is 9.84 Å². The van der Waals surface area contributed by atoms with Gasteiger partial charge in [0.2, 0.25) is 0 Å². The van der Waals surface area contributed by atoms with E-state index in [1.807, 2.05) is 26.1 Å². The molecular weight excluding hydrogens is 679 g/mol. The molecule has 44 heavy (non-hydrogen) atoms. The summed E-state index contributed by atoms with van der Waals surface area (Å²) in [5.41, 5.74) is 5.90. The normalized spacial score (nSPS) is 12.2. The summed E-state index contributed by atoms with van der Waals surface area (Å²) in [6.07, 6.45) is 11.1. The second-order valence-electron chi connectivity index (χ2n) is 12.1. The van der Waals surface area contributed by atoms with E-state index < -0.39 is 28.2 Å². The van der Waals surface area contributed by atoms with Crippen molar-refractivity contribution >= 4 is 53.9 Å². The maximum Gasteiger partial charge on any atom is 0.177 e. The Morgan fingerprint density at radius 3 is 1.95 bits per heavy atom. The summed E-state index contributed by atoms with van der Waals surface area (Å²) in [4.78, 5) is 8.01. The molecule has 5 rings (SSSR count). The molecule has 0 atom stereocenters. The van der Waals surface area contributed by atoms with Crippen LogP contribution >= 0.6 is 0 Å². The van der Waals surface area contributed by atoms with Crippen LogP contribution < -0.4 is 3.71 Å². The van der Waals surface area contributed by atoms with Crippen molar-refractivity contribution in [3.05, 3.63) is 41.9 Å². The van der Waals surface area contributed by atoms with E-state index in [2.05, 4.69) is 70.0 Å². The summed E-state index contributed by atoms with van der Waals surface area (Å²) < 4.78 is 33.9. The molecule has 0 radical (unpaired) electrons. The quantitative estimate of drug-likeness (QED) is 0.148. The molecule has 0 amide bonds. The van der Waals surface area contributed by atoms with Crippen LogP contribution in [0.2, 0.25) is 13.3 Å². The first-order valence-corrected chi connectivity index (χ1v) is 25.2. The number of nitrogens with one attached hydrogen (secondary N) is 1. The molecule has 0 bridgehead atoms. The minimum Gasteiger partial charge on any atom is -0.352 e. The zero-order chi connectivity index (χ0) is 32.1. The molecule has 0 unspecified atom stereocenters. The monoisotopic (exact) mass is 728 g/mol. The second-order valence-corrected chi connectivity index (χ2v) is 27.0. The molecule has 10 nitrogen and oxygen atoms in total. The van der Waals surface area contributed by atoms with Gasteiger partial charge in [-0.3, -0.25) is 4.98 Å². The van der Waals surface area contributed by atoms with Crippen molar-refractivity contribution in [1.82, 2.24) is 40.0 Å². The van der Waals surface area contributed by atoms with Crippen LogP contribution in [0.3, 0.4) is 0 Å². The molecule has 5 aromatic rings. The number of sulfone groups is 1. The number of hydrogen-bond acceptors (Lipinski definition) is 7. The Hall–Kier alpha value is -2.80. The van der Waals surface area contributed by atoms with Gasteiger partial charge < -0.3 is 4.98 Å². The number of nitrogens with zero attached hydrogens (tertiary/aromatic N) is 7. The molecule has 0 fully saturated rings. The number of para-hydroxylation sites is 1. The largest absolute Gasteiger partial charge is 0.352 e. The summed E-state index contributed by atoms with van der Waals surface area (Å²) in [5, 5.41) is 17.6. The average Bonchev–Trinajstić information content (AvgIpc) is 3.65. The zero-order valence-electron chi connectivity index (χ0n) is 27.6. The molecule has 12 heteroatoms. The molecule has 0 aliphatic carbocycles. The third kappa shape index (κ3) is 7.19. The van der Waals surface area contributed by atoms with Crippen molar-refractivity contribution in [2.75, 3.05) is 6.26 Å². The van der Waals surface area contributed by atoms with E-state index in [4.69, 9.17) is 0 Å². The van der Waals surface area contributed by atoms with Crippen molar-refractivity contribution in [2.45, 2.75) is 91.3 Å². The van der Waals surface area contributed by atoms with Crippen LogP contribution in [0.15, 0.2) is 35.4 Å². The van der Waals surface area contributed by atoms with Gasteiger partial charge in [0, 0.05) is 30.4 Å². The zero-order valence-corrected chi connectivity index (χ0v) is 31.3. The van der Waals surface area contributed by atoms with Gasteiger partial charge in [-0.15, -0.1) is 5.10 Å². The Labute approximate surface area is 265 Å². The first-order valence-electron chi connectivity index (χ1n) is 15.8. The van der Waals surface area contributed by atoms with Crippen LogP contribution in [0.4, 0.5) is 0 Å². The summed E-state index contributed by atoms with van der Waals surface area (Å²) in [6, 6.07) is 7.15. The molecule has 0 saturated heterocycles.